The Bertz CT molecular complexity index is 946. The highest BCUT2D eigenvalue weighted by atomic mass is 16.2. The largest absolute Gasteiger partial charge is 0.334 e. The second-order valence-electron chi connectivity index (χ2n) is 5.82. The van der Waals surface area contributed by atoms with Crippen molar-refractivity contribution in [1.29, 1.82) is 0 Å². The third kappa shape index (κ3) is 3.46. The molecule has 2 aromatic carbocycles. The molecule has 0 spiro atoms. The van der Waals surface area contributed by atoms with Gasteiger partial charge in [0.2, 0.25) is 0 Å². The van der Waals surface area contributed by atoms with Gasteiger partial charge in [-0.15, -0.1) is 0 Å². The lowest BCUT2D eigenvalue weighted by Gasteiger charge is -2.09. The standard InChI is InChI=1S/C19H19N3O2/c1-12-8-14-10-15(18(23)22-17(14)9-13(12)2)11-20-19(24)21-16-6-4-3-5-7-16/h3-10H,11H2,1-2H3,(H,22,23)(H2,20,21,24). The maximum Gasteiger partial charge on any atom is 0.319 e. The number of anilines is 1. The second kappa shape index (κ2) is 6.58. The minimum Gasteiger partial charge on any atom is -0.334 e. The fraction of sp³-hybridized carbons (Fsp3) is 0.158. The molecule has 24 heavy (non-hydrogen) atoms. The van der Waals surface area contributed by atoms with Crippen molar-refractivity contribution in [3.63, 3.8) is 0 Å². The van der Waals surface area contributed by atoms with Crippen LogP contribution < -0.4 is 16.2 Å². The number of fused-ring (bicyclic) bond motifs is 1. The SMILES string of the molecule is Cc1cc2cc(CNC(=O)Nc3ccccc3)c(=O)[nH]c2cc1C. The number of rotatable bonds is 3. The normalized spacial score (nSPS) is 10.6. The van der Waals surface area contributed by atoms with Gasteiger partial charge in [0.25, 0.3) is 5.56 Å². The van der Waals surface area contributed by atoms with Crippen molar-refractivity contribution in [3.8, 4) is 0 Å². The summed E-state index contributed by atoms with van der Waals surface area (Å²) in [6.07, 6.45) is 0. The number of benzene rings is 2. The van der Waals surface area contributed by atoms with Gasteiger partial charge in [-0.3, -0.25) is 4.79 Å². The van der Waals surface area contributed by atoms with Gasteiger partial charge in [0.15, 0.2) is 0 Å². The molecular formula is C19H19N3O2. The van der Waals surface area contributed by atoms with Crippen LogP contribution in [0.1, 0.15) is 16.7 Å². The van der Waals surface area contributed by atoms with Crippen LogP contribution in [0.25, 0.3) is 10.9 Å². The van der Waals surface area contributed by atoms with Crippen LogP contribution in [0.4, 0.5) is 10.5 Å². The lowest BCUT2D eigenvalue weighted by atomic mass is 10.1. The topological polar surface area (TPSA) is 74.0 Å². The van der Waals surface area contributed by atoms with Crippen LogP contribution in [0, 0.1) is 13.8 Å². The number of aryl methyl sites for hydroxylation is 2. The molecule has 2 amide bonds. The number of pyridine rings is 1. The second-order valence-corrected chi connectivity index (χ2v) is 5.82. The number of aromatic nitrogens is 1. The predicted octanol–water partition coefficient (Wildman–Crippen LogP) is 3.47. The van der Waals surface area contributed by atoms with E-state index in [2.05, 4.69) is 15.6 Å². The Morgan fingerprint density at radius 1 is 1.04 bits per heavy atom. The van der Waals surface area contributed by atoms with Crippen LogP contribution in [0.2, 0.25) is 0 Å². The van der Waals surface area contributed by atoms with Gasteiger partial charge in [0.05, 0.1) is 0 Å². The monoisotopic (exact) mass is 321 g/mol. The van der Waals surface area contributed by atoms with Gasteiger partial charge in [-0.2, -0.15) is 0 Å². The fourth-order valence-corrected chi connectivity index (χ4v) is 2.53. The number of carbonyl (C=O) groups excluding carboxylic acids is 1. The molecule has 0 aliphatic rings. The van der Waals surface area contributed by atoms with E-state index in [9.17, 15) is 9.59 Å². The summed E-state index contributed by atoms with van der Waals surface area (Å²) in [6.45, 7) is 4.21. The zero-order chi connectivity index (χ0) is 17.1. The summed E-state index contributed by atoms with van der Waals surface area (Å²) in [5, 5.41) is 6.39. The first-order chi connectivity index (χ1) is 11.5. The maximum atomic E-state index is 12.2. The molecule has 0 saturated heterocycles. The molecule has 0 fully saturated rings. The van der Waals surface area contributed by atoms with Crippen molar-refractivity contribution in [3.05, 3.63) is 75.6 Å². The molecule has 1 heterocycles. The number of hydrogen-bond acceptors (Lipinski definition) is 2. The van der Waals surface area contributed by atoms with E-state index in [4.69, 9.17) is 0 Å². The van der Waals surface area contributed by atoms with Gasteiger partial charge < -0.3 is 15.6 Å². The van der Waals surface area contributed by atoms with E-state index >= 15 is 0 Å². The van der Waals surface area contributed by atoms with Crippen LogP contribution in [0.3, 0.4) is 0 Å². The average Bonchev–Trinajstić information content (AvgIpc) is 2.56. The lowest BCUT2D eigenvalue weighted by Crippen LogP contribution is -2.30. The molecule has 3 aromatic rings. The number of hydrogen-bond donors (Lipinski definition) is 3. The molecule has 5 nitrogen and oxygen atoms in total. The summed E-state index contributed by atoms with van der Waals surface area (Å²) in [5.74, 6) is 0. The number of aromatic amines is 1. The van der Waals surface area contributed by atoms with Crippen molar-refractivity contribution in [2.75, 3.05) is 5.32 Å². The number of para-hydroxylation sites is 1. The highest BCUT2D eigenvalue weighted by Gasteiger charge is 2.07. The van der Waals surface area contributed by atoms with E-state index in [0.29, 0.717) is 11.3 Å². The van der Waals surface area contributed by atoms with Gasteiger partial charge in [-0.25, -0.2) is 4.79 Å². The van der Waals surface area contributed by atoms with Crippen molar-refractivity contribution >= 4 is 22.6 Å². The third-order valence-corrected chi connectivity index (χ3v) is 4.01. The zero-order valence-corrected chi connectivity index (χ0v) is 13.6. The summed E-state index contributed by atoms with van der Waals surface area (Å²) in [7, 11) is 0. The molecular weight excluding hydrogens is 302 g/mol. The van der Waals surface area contributed by atoms with Crippen molar-refractivity contribution < 1.29 is 4.79 Å². The summed E-state index contributed by atoms with van der Waals surface area (Å²) in [4.78, 5) is 27.0. The fourth-order valence-electron chi connectivity index (χ4n) is 2.53. The van der Waals surface area contributed by atoms with Crippen molar-refractivity contribution in [1.82, 2.24) is 10.3 Å². The quantitative estimate of drug-likeness (QED) is 0.691. The highest BCUT2D eigenvalue weighted by Crippen LogP contribution is 2.17. The Morgan fingerprint density at radius 3 is 2.50 bits per heavy atom. The van der Waals surface area contributed by atoms with Gasteiger partial charge in [-0.1, -0.05) is 18.2 Å². The van der Waals surface area contributed by atoms with Crippen molar-refractivity contribution in [2.24, 2.45) is 0 Å². The third-order valence-electron chi connectivity index (χ3n) is 4.01. The Morgan fingerprint density at radius 2 is 1.75 bits per heavy atom. The Balaban J connectivity index is 1.75. The number of H-pyrrole nitrogens is 1. The van der Waals surface area contributed by atoms with Crippen LogP contribution in [0.15, 0.2) is 53.3 Å². The lowest BCUT2D eigenvalue weighted by molar-refractivity contribution is 0.251. The predicted molar refractivity (Wildman–Crippen MR) is 96.3 cm³/mol. The first-order valence-electron chi connectivity index (χ1n) is 7.76. The molecule has 1 aromatic heterocycles. The molecule has 0 aliphatic carbocycles. The molecule has 0 radical (unpaired) electrons. The highest BCUT2D eigenvalue weighted by molar-refractivity contribution is 5.89. The molecule has 3 N–H and O–H groups in total. The maximum absolute atomic E-state index is 12.2. The molecule has 0 aliphatic heterocycles. The van der Waals surface area contributed by atoms with E-state index in [-0.39, 0.29) is 18.1 Å². The molecule has 0 unspecified atom stereocenters. The minimum atomic E-state index is -0.346. The first kappa shape index (κ1) is 15.8. The van der Waals surface area contributed by atoms with E-state index in [1.807, 2.05) is 50.2 Å². The molecule has 3 rings (SSSR count). The van der Waals surface area contributed by atoms with Crippen LogP contribution in [-0.4, -0.2) is 11.0 Å². The van der Waals surface area contributed by atoms with Crippen LogP contribution in [-0.2, 0) is 6.54 Å². The summed E-state index contributed by atoms with van der Waals surface area (Å²) >= 11 is 0. The minimum absolute atomic E-state index is 0.164. The van der Waals surface area contributed by atoms with Gasteiger partial charge in [0.1, 0.15) is 0 Å². The Hall–Kier alpha value is -3.08. The number of urea groups is 1. The van der Waals surface area contributed by atoms with E-state index < -0.39 is 0 Å². The van der Waals surface area contributed by atoms with Gasteiger partial charge in [-0.05, 0) is 60.7 Å². The first-order valence-corrected chi connectivity index (χ1v) is 7.76. The Labute approximate surface area is 139 Å². The van der Waals surface area contributed by atoms with E-state index in [0.717, 1.165) is 22.0 Å². The summed E-state index contributed by atoms with van der Waals surface area (Å²) in [5.41, 5.74) is 4.13. The summed E-state index contributed by atoms with van der Waals surface area (Å²) < 4.78 is 0. The van der Waals surface area contributed by atoms with E-state index in [1.54, 1.807) is 12.1 Å². The smallest absolute Gasteiger partial charge is 0.319 e. The zero-order valence-electron chi connectivity index (χ0n) is 13.6. The molecule has 0 bridgehead atoms. The van der Waals surface area contributed by atoms with Gasteiger partial charge >= 0.3 is 6.03 Å². The number of amides is 2. The van der Waals surface area contributed by atoms with E-state index in [1.165, 1.54) is 0 Å². The molecule has 122 valence electrons. The molecule has 0 saturated carbocycles. The van der Waals surface area contributed by atoms with Crippen molar-refractivity contribution in [2.45, 2.75) is 20.4 Å². The summed E-state index contributed by atoms with van der Waals surface area (Å²) in [6, 6.07) is 14.6. The van der Waals surface area contributed by atoms with Crippen LogP contribution in [0.5, 0.6) is 0 Å². The molecule has 0 atom stereocenters. The number of nitrogens with one attached hydrogen (secondary N) is 3. The van der Waals surface area contributed by atoms with Crippen LogP contribution >= 0.6 is 0 Å². The molecule has 5 heteroatoms. The van der Waals surface area contributed by atoms with Gasteiger partial charge in [0, 0.05) is 23.3 Å². The number of carbonyl (C=O) groups is 1. The average molecular weight is 321 g/mol. The Kier molecular flexibility index (Phi) is 4.33.